The molecule has 0 bridgehead atoms. The Morgan fingerprint density at radius 3 is 2.76 bits per heavy atom. The molecule has 1 fully saturated rings. The third kappa shape index (κ3) is 3.94. The summed E-state index contributed by atoms with van der Waals surface area (Å²) in [5.74, 6) is 3.77. The quantitative estimate of drug-likeness (QED) is 0.492. The number of benzene rings is 2. The molecular weight excluding hydrogens is 444 g/mol. The number of fused-ring (bicyclic) bond motifs is 2. The summed E-state index contributed by atoms with van der Waals surface area (Å²) < 4.78 is 11.6. The fraction of sp³-hybridized carbons (Fsp3) is 0.227. The van der Waals surface area contributed by atoms with Gasteiger partial charge < -0.3 is 14.2 Å². The molecule has 2 aliphatic heterocycles. The Morgan fingerprint density at radius 1 is 1.03 bits per heavy atom. The molecule has 166 valence electrons. The number of aromatic nitrogens is 5. The summed E-state index contributed by atoms with van der Waals surface area (Å²) in [6.45, 7) is 3.77. The zero-order valence-corrected chi connectivity index (χ0v) is 18.2. The zero-order chi connectivity index (χ0) is 22.2. The fourth-order valence-corrected chi connectivity index (χ4v) is 4.15. The minimum atomic E-state index is 0.404. The van der Waals surface area contributed by atoms with Crippen molar-refractivity contribution in [2.75, 3.05) is 26.2 Å². The van der Waals surface area contributed by atoms with Crippen LogP contribution in [0.25, 0.3) is 11.6 Å². The van der Waals surface area contributed by atoms with Crippen molar-refractivity contribution < 1.29 is 9.26 Å². The van der Waals surface area contributed by atoms with Crippen LogP contribution < -0.4 is 4.74 Å². The second-order valence-corrected chi connectivity index (χ2v) is 8.19. The number of hydrogen-bond acceptors (Lipinski definition) is 9. The van der Waals surface area contributed by atoms with Gasteiger partial charge in [0.2, 0.25) is 11.7 Å². The lowest BCUT2D eigenvalue weighted by molar-refractivity contribution is 0.158. The number of amidine groups is 1. The minimum Gasteiger partial charge on any atom is -0.454 e. The van der Waals surface area contributed by atoms with Crippen LogP contribution in [0.2, 0.25) is 5.02 Å². The highest BCUT2D eigenvalue weighted by Gasteiger charge is 2.27. The van der Waals surface area contributed by atoms with Crippen LogP contribution in [0.5, 0.6) is 11.5 Å². The molecule has 33 heavy (non-hydrogen) atoms. The van der Waals surface area contributed by atoms with Crippen LogP contribution in [0.4, 0.5) is 5.69 Å². The van der Waals surface area contributed by atoms with E-state index < -0.39 is 0 Å². The van der Waals surface area contributed by atoms with Crippen molar-refractivity contribution in [1.29, 1.82) is 0 Å². The highest BCUT2D eigenvalue weighted by molar-refractivity contribution is 6.31. The van der Waals surface area contributed by atoms with E-state index in [4.69, 9.17) is 25.9 Å². The van der Waals surface area contributed by atoms with Gasteiger partial charge >= 0.3 is 0 Å². The third-order valence-electron chi connectivity index (χ3n) is 5.62. The number of piperazine rings is 1. The first-order valence-corrected chi connectivity index (χ1v) is 10.9. The van der Waals surface area contributed by atoms with E-state index in [-0.39, 0.29) is 0 Å². The van der Waals surface area contributed by atoms with Gasteiger partial charge in [0.1, 0.15) is 23.6 Å². The van der Waals surface area contributed by atoms with Crippen LogP contribution in [0.15, 0.2) is 58.3 Å². The molecule has 0 atom stereocenters. The molecule has 4 aromatic rings. The Balaban J connectivity index is 1.20. The number of ether oxygens (including phenoxy) is 1. The maximum atomic E-state index is 6.33. The predicted molar refractivity (Wildman–Crippen MR) is 121 cm³/mol. The summed E-state index contributed by atoms with van der Waals surface area (Å²) in [5.41, 5.74) is 1.69. The standard InChI is InChI=1S/C22H19ClN8O2/c23-14-5-6-17-15(11-14)22(26-16-3-1-2-4-18(16)32-17)31-9-7-30(8-10-31)12-19-27-21(29-33-19)20-24-13-25-28-20/h1-6,11,13H,7-10,12H2,(H,24,25,28). The molecule has 0 saturated carbocycles. The monoisotopic (exact) mass is 462 g/mol. The molecule has 6 rings (SSSR count). The lowest BCUT2D eigenvalue weighted by atomic mass is 10.1. The van der Waals surface area contributed by atoms with Crippen LogP contribution in [-0.2, 0) is 6.54 Å². The van der Waals surface area contributed by atoms with E-state index in [2.05, 4.69) is 35.1 Å². The number of nitrogens with one attached hydrogen (secondary N) is 1. The summed E-state index contributed by atoms with van der Waals surface area (Å²) in [6, 6.07) is 13.4. The van der Waals surface area contributed by atoms with Crippen LogP contribution >= 0.6 is 11.6 Å². The molecule has 2 aromatic carbocycles. The lowest BCUT2D eigenvalue weighted by Gasteiger charge is -2.36. The predicted octanol–water partition coefficient (Wildman–Crippen LogP) is 3.51. The molecule has 0 amide bonds. The number of para-hydroxylation sites is 2. The van der Waals surface area contributed by atoms with Gasteiger partial charge in [-0.05, 0) is 30.3 Å². The summed E-state index contributed by atoms with van der Waals surface area (Å²) in [6.07, 6.45) is 1.41. The van der Waals surface area contributed by atoms with E-state index in [9.17, 15) is 0 Å². The molecule has 2 aliphatic rings. The Morgan fingerprint density at radius 2 is 1.91 bits per heavy atom. The van der Waals surface area contributed by atoms with Gasteiger partial charge in [-0.15, -0.1) is 0 Å². The third-order valence-corrected chi connectivity index (χ3v) is 5.85. The minimum absolute atomic E-state index is 0.404. The number of nitrogens with zero attached hydrogens (tertiary/aromatic N) is 7. The summed E-state index contributed by atoms with van der Waals surface area (Å²) in [5, 5.41) is 11.2. The average Bonchev–Trinajstić information content (AvgIpc) is 3.50. The number of halogens is 1. The topological polar surface area (TPSA) is 109 Å². The molecule has 0 unspecified atom stereocenters. The number of rotatable bonds is 3. The zero-order valence-electron chi connectivity index (χ0n) is 17.5. The Bertz CT molecular complexity index is 1310. The van der Waals surface area contributed by atoms with Gasteiger partial charge in [0.15, 0.2) is 11.6 Å². The molecular formula is C22H19ClN8O2. The Kier molecular flexibility index (Phi) is 5.00. The van der Waals surface area contributed by atoms with Crippen LogP contribution in [0.1, 0.15) is 11.5 Å². The molecule has 4 heterocycles. The van der Waals surface area contributed by atoms with Crippen molar-refractivity contribution in [3.8, 4) is 23.1 Å². The first-order chi connectivity index (χ1) is 16.2. The normalized spacial score (nSPS) is 15.9. The molecule has 0 radical (unpaired) electrons. The molecule has 2 aromatic heterocycles. The average molecular weight is 463 g/mol. The summed E-state index contributed by atoms with van der Waals surface area (Å²) in [4.78, 5) is 18.0. The van der Waals surface area contributed by atoms with Crippen molar-refractivity contribution in [1.82, 2.24) is 35.1 Å². The lowest BCUT2D eigenvalue weighted by Crippen LogP contribution is -2.48. The van der Waals surface area contributed by atoms with Crippen molar-refractivity contribution in [3.05, 3.63) is 65.3 Å². The number of hydrogen-bond donors (Lipinski definition) is 1. The van der Waals surface area contributed by atoms with Gasteiger partial charge in [0.05, 0.1) is 12.1 Å². The highest BCUT2D eigenvalue weighted by atomic mass is 35.5. The second kappa shape index (κ2) is 8.30. The van der Waals surface area contributed by atoms with Crippen molar-refractivity contribution in [2.24, 2.45) is 4.99 Å². The smallest absolute Gasteiger partial charge is 0.241 e. The molecule has 1 saturated heterocycles. The largest absolute Gasteiger partial charge is 0.454 e. The van der Waals surface area contributed by atoms with Gasteiger partial charge in [0.25, 0.3) is 0 Å². The van der Waals surface area contributed by atoms with Gasteiger partial charge in [-0.25, -0.2) is 9.98 Å². The van der Waals surface area contributed by atoms with E-state index in [1.807, 2.05) is 42.5 Å². The van der Waals surface area contributed by atoms with E-state index in [0.717, 1.165) is 54.8 Å². The number of aromatic amines is 1. The first kappa shape index (κ1) is 19.9. The van der Waals surface area contributed by atoms with Gasteiger partial charge in [-0.2, -0.15) is 10.1 Å². The molecule has 0 aliphatic carbocycles. The van der Waals surface area contributed by atoms with Crippen molar-refractivity contribution in [3.63, 3.8) is 0 Å². The van der Waals surface area contributed by atoms with E-state index in [0.29, 0.717) is 29.1 Å². The Labute approximate surface area is 193 Å². The van der Waals surface area contributed by atoms with Crippen LogP contribution in [0.3, 0.4) is 0 Å². The summed E-state index contributed by atoms with van der Waals surface area (Å²) >= 11 is 6.33. The highest BCUT2D eigenvalue weighted by Crippen LogP contribution is 2.39. The van der Waals surface area contributed by atoms with Crippen LogP contribution in [-0.4, -0.2) is 67.1 Å². The first-order valence-electron chi connectivity index (χ1n) is 10.5. The molecule has 1 N–H and O–H groups in total. The summed E-state index contributed by atoms with van der Waals surface area (Å²) in [7, 11) is 0. The van der Waals surface area contributed by atoms with E-state index in [1.165, 1.54) is 6.33 Å². The van der Waals surface area contributed by atoms with Gasteiger partial charge in [-0.3, -0.25) is 10.00 Å². The SMILES string of the molecule is Clc1ccc2c(c1)C(N1CCN(Cc3nc(-c4ncn[nH]4)no3)CC1)=Nc1ccccc1O2. The van der Waals surface area contributed by atoms with Crippen LogP contribution in [0, 0.1) is 0 Å². The van der Waals surface area contributed by atoms with Crippen molar-refractivity contribution in [2.45, 2.75) is 6.54 Å². The molecule has 10 nitrogen and oxygen atoms in total. The van der Waals surface area contributed by atoms with Gasteiger partial charge in [0, 0.05) is 31.2 Å². The maximum absolute atomic E-state index is 6.33. The fourth-order valence-electron chi connectivity index (χ4n) is 3.97. The number of aliphatic imine (C=N–C) groups is 1. The second-order valence-electron chi connectivity index (χ2n) is 7.75. The maximum Gasteiger partial charge on any atom is 0.241 e. The number of H-pyrrole nitrogens is 1. The van der Waals surface area contributed by atoms with E-state index >= 15 is 0 Å². The molecule has 11 heteroatoms. The molecule has 0 spiro atoms. The Hall–Kier alpha value is -3.76. The van der Waals surface area contributed by atoms with E-state index in [1.54, 1.807) is 0 Å². The van der Waals surface area contributed by atoms with Gasteiger partial charge in [-0.1, -0.05) is 28.9 Å². The van der Waals surface area contributed by atoms with Crippen molar-refractivity contribution >= 4 is 23.1 Å².